The van der Waals surface area contributed by atoms with E-state index in [0.717, 1.165) is 42.6 Å². The molecule has 0 radical (unpaired) electrons. The third-order valence-corrected chi connectivity index (χ3v) is 6.72. The van der Waals surface area contributed by atoms with E-state index < -0.39 is 6.10 Å². The monoisotopic (exact) mass is 451 g/mol. The Morgan fingerprint density at radius 3 is 2.56 bits per heavy atom. The summed E-state index contributed by atoms with van der Waals surface area (Å²) in [6.07, 6.45) is 3.69. The summed E-state index contributed by atoms with van der Waals surface area (Å²) < 4.78 is 0. The first kappa shape index (κ1) is 22.6. The molecular weight excluding hydrogens is 422 g/mol. The number of nitrogens with zero attached hydrogens (tertiary/aromatic N) is 2. The molecule has 0 spiro atoms. The van der Waals surface area contributed by atoms with E-state index >= 15 is 0 Å². The molecule has 0 unspecified atom stereocenters. The van der Waals surface area contributed by atoms with Gasteiger partial charge in [-0.25, -0.2) is 0 Å². The first-order valence-corrected chi connectivity index (χ1v) is 11.6. The molecule has 168 valence electrons. The molecule has 1 fully saturated rings. The van der Waals surface area contributed by atoms with Crippen molar-refractivity contribution in [2.75, 3.05) is 7.05 Å². The number of aromatic amines is 1. The van der Waals surface area contributed by atoms with Crippen LogP contribution >= 0.6 is 11.6 Å². The van der Waals surface area contributed by atoms with Gasteiger partial charge in [0, 0.05) is 23.3 Å². The number of rotatable bonds is 7. The summed E-state index contributed by atoms with van der Waals surface area (Å²) in [5.41, 5.74) is 4.70. The van der Waals surface area contributed by atoms with Crippen molar-refractivity contribution in [3.8, 4) is 0 Å². The minimum Gasteiger partial charge on any atom is -0.388 e. The molecule has 1 aliphatic carbocycles. The minimum atomic E-state index is -0.439. The maximum Gasteiger partial charge on any atom is 0.253 e. The molecule has 1 aliphatic rings. The first-order chi connectivity index (χ1) is 15.4. The van der Waals surface area contributed by atoms with Crippen molar-refractivity contribution in [1.29, 1.82) is 0 Å². The van der Waals surface area contributed by atoms with Crippen molar-refractivity contribution < 1.29 is 9.90 Å². The van der Waals surface area contributed by atoms with E-state index in [1.165, 1.54) is 5.56 Å². The molecule has 5 nitrogen and oxygen atoms in total. The number of halogens is 1. The Balaban J connectivity index is 1.30. The summed E-state index contributed by atoms with van der Waals surface area (Å²) >= 11 is 5.97. The molecule has 0 bridgehead atoms. The molecule has 32 heavy (non-hydrogen) atoms. The van der Waals surface area contributed by atoms with Gasteiger partial charge in [0.1, 0.15) is 0 Å². The molecule has 4 rings (SSSR count). The minimum absolute atomic E-state index is 0.00998. The molecule has 1 amide bonds. The second-order valence-corrected chi connectivity index (χ2v) is 9.48. The fraction of sp³-hybridized carbons (Fsp3) is 0.385. The summed E-state index contributed by atoms with van der Waals surface area (Å²) in [6.45, 7) is 2.42. The normalized spacial score (nSPS) is 19.1. The summed E-state index contributed by atoms with van der Waals surface area (Å²) in [5.74, 6) is 0.819. The molecule has 1 aromatic heterocycles. The zero-order chi connectivity index (χ0) is 22.7. The molecule has 0 saturated heterocycles. The van der Waals surface area contributed by atoms with Crippen molar-refractivity contribution in [2.24, 2.45) is 11.8 Å². The SMILES string of the molecule is Cc1cc(CN(C)C(=O)c2ccc(C[C@@H]3CC[C@H]([C@H](O)c4ccc(Cl)cc4)C3)cc2)n[nH]1. The van der Waals surface area contributed by atoms with E-state index in [1.54, 1.807) is 11.9 Å². The number of hydrogen-bond acceptors (Lipinski definition) is 3. The fourth-order valence-electron chi connectivity index (χ4n) is 4.73. The van der Waals surface area contributed by atoms with E-state index in [9.17, 15) is 9.90 Å². The quantitative estimate of drug-likeness (QED) is 0.509. The van der Waals surface area contributed by atoms with Crippen LogP contribution in [0.5, 0.6) is 0 Å². The van der Waals surface area contributed by atoms with Crippen LogP contribution in [0.4, 0.5) is 0 Å². The van der Waals surface area contributed by atoms with Gasteiger partial charge in [-0.1, -0.05) is 35.9 Å². The number of amides is 1. The highest BCUT2D eigenvalue weighted by Gasteiger charge is 2.30. The standard InChI is InChI=1S/C26H30ClN3O2/c1-17-13-24(29-28-17)16-30(2)26(32)21-6-3-18(4-7-21)14-19-5-8-22(15-19)25(31)20-9-11-23(27)12-10-20/h3-4,6-7,9-13,19,22,25,31H,5,8,14-16H2,1-2H3,(H,28,29)/t19-,22-,25+/m0/s1. The Hall–Kier alpha value is -2.63. The second-order valence-electron chi connectivity index (χ2n) is 9.04. The lowest BCUT2D eigenvalue weighted by molar-refractivity contribution is 0.0783. The van der Waals surface area contributed by atoms with Crippen LogP contribution in [0.3, 0.4) is 0 Å². The van der Waals surface area contributed by atoms with E-state index in [0.29, 0.717) is 23.0 Å². The number of aryl methyl sites for hydroxylation is 1. The Morgan fingerprint density at radius 1 is 1.19 bits per heavy atom. The van der Waals surface area contributed by atoms with Gasteiger partial charge < -0.3 is 10.0 Å². The van der Waals surface area contributed by atoms with Crippen molar-refractivity contribution in [1.82, 2.24) is 15.1 Å². The van der Waals surface area contributed by atoms with Crippen LogP contribution in [0.15, 0.2) is 54.6 Å². The van der Waals surface area contributed by atoms with Gasteiger partial charge >= 0.3 is 0 Å². The molecular formula is C26H30ClN3O2. The maximum atomic E-state index is 12.7. The Kier molecular flexibility index (Phi) is 6.97. The number of nitrogens with one attached hydrogen (secondary N) is 1. The third-order valence-electron chi connectivity index (χ3n) is 6.47. The predicted molar refractivity (Wildman–Crippen MR) is 127 cm³/mol. The number of aliphatic hydroxyl groups excluding tert-OH is 1. The molecule has 2 N–H and O–H groups in total. The maximum absolute atomic E-state index is 12.7. The number of hydrogen-bond donors (Lipinski definition) is 2. The second kappa shape index (κ2) is 9.88. The summed E-state index contributed by atoms with van der Waals surface area (Å²) in [6, 6.07) is 17.4. The largest absolute Gasteiger partial charge is 0.388 e. The van der Waals surface area contributed by atoms with Gasteiger partial charge in [0.25, 0.3) is 5.91 Å². The van der Waals surface area contributed by atoms with E-state index in [2.05, 4.69) is 22.3 Å². The van der Waals surface area contributed by atoms with Gasteiger partial charge in [-0.05, 0) is 85.9 Å². The lowest BCUT2D eigenvalue weighted by Crippen LogP contribution is -2.26. The number of carbonyl (C=O) groups excluding carboxylic acids is 1. The van der Waals surface area contributed by atoms with Crippen LogP contribution in [0, 0.1) is 18.8 Å². The van der Waals surface area contributed by atoms with Crippen molar-refractivity contribution in [2.45, 2.75) is 45.3 Å². The number of carbonyl (C=O) groups is 1. The van der Waals surface area contributed by atoms with Gasteiger partial charge in [-0.3, -0.25) is 9.89 Å². The lowest BCUT2D eigenvalue weighted by atomic mass is 9.91. The van der Waals surface area contributed by atoms with Crippen molar-refractivity contribution >= 4 is 17.5 Å². The smallest absolute Gasteiger partial charge is 0.253 e. The van der Waals surface area contributed by atoms with Gasteiger partial charge in [0.2, 0.25) is 0 Å². The highest BCUT2D eigenvalue weighted by Crippen LogP contribution is 2.40. The van der Waals surface area contributed by atoms with Crippen molar-refractivity contribution in [3.05, 3.63) is 87.7 Å². The fourth-order valence-corrected chi connectivity index (χ4v) is 4.85. The molecule has 3 atom stereocenters. The average molecular weight is 452 g/mol. The molecule has 0 aliphatic heterocycles. The Labute approximate surface area is 194 Å². The number of benzene rings is 2. The van der Waals surface area contributed by atoms with Crippen LogP contribution in [0.2, 0.25) is 5.02 Å². The van der Waals surface area contributed by atoms with Gasteiger partial charge in [-0.2, -0.15) is 5.10 Å². The highest BCUT2D eigenvalue weighted by atomic mass is 35.5. The van der Waals surface area contributed by atoms with Gasteiger partial charge in [0.15, 0.2) is 0 Å². The number of aliphatic hydroxyl groups is 1. The molecule has 6 heteroatoms. The molecule has 1 heterocycles. The summed E-state index contributed by atoms with van der Waals surface area (Å²) in [4.78, 5) is 14.4. The lowest BCUT2D eigenvalue weighted by Gasteiger charge is -2.19. The molecule has 1 saturated carbocycles. The Bertz CT molecular complexity index is 1050. The third kappa shape index (κ3) is 5.40. The molecule has 3 aromatic rings. The van der Waals surface area contributed by atoms with E-state index in [4.69, 9.17) is 11.6 Å². The topological polar surface area (TPSA) is 69.2 Å². The van der Waals surface area contributed by atoms with Crippen LogP contribution in [0.25, 0.3) is 0 Å². The van der Waals surface area contributed by atoms with Gasteiger partial charge in [-0.15, -0.1) is 0 Å². The summed E-state index contributed by atoms with van der Waals surface area (Å²) in [5, 5.41) is 18.6. The number of H-pyrrole nitrogens is 1. The van der Waals surface area contributed by atoms with E-state index in [1.807, 2.05) is 49.4 Å². The summed E-state index contributed by atoms with van der Waals surface area (Å²) in [7, 11) is 1.80. The van der Waals surface area contributed by atoms with Crippen LogP contribution in [-0.2, 0) is 13.0 Å². The van der Waals surface area contributed by atoms with Crippen LogP contribution in [0.1, 0.15) is 58.2 Å². The van der Waals surface area contributed by atoms with Crippen LogP contribution in [-0.4, -0.2) is 33.2 Å². The van der Waals surface area contributed by atoms with Gasteiger partial charge in [0.05, 0.1) is 18.3 Å². The number of aromatic nitrogens is 2. The zero-order valence-electron chi connectivity index (χ0n) is 18.6. The first-order valence-electron chi connectivity index (χ1n) is 11.2. The van der Waals surface area contributed by atoms with E-state index in [-0.39, 0.29) is 11.8 Å². The highest BCUT2D eigenvalue weighted by molar-refractivity contribution is 6.30. The molecule has 2 aromatic carbocycles. The predicted octanol–water partition coefficient (Wildman–Crippen LogP) is 5.34. The zero-order valence-corrected chi connectivity index (χ0v) is 19.3. The van der Waals surface area contributed by atoms with Crippen LogP contribution < -0.4 is 0 Å². The Morgan fingerprint density at radius 2 is 1.91 bits per heavy atom. The average Bonchev–Trinajstić information content (AvgIpc) is 3.42. The van der Waals surface area contributed by atoms with Crippen molar-refractivity contribution in [3.63, 3.8) is 0 Å².